The summed E-state index contributed by atoms with van der Waals surface area (Å²) >= 11 is 0. The van der Waals surface area contributed by atoms with Crippen LogP contribution in [0, 0.1) is 5.82 Å². The van der Waals surface area contributed by atoms with Gasteiger partial charge in [-0.1, -0.05) is 12.1 Å². The summed E-state index contributed by atoms with van der Waals surface area (Å²) in [5.41, 5.74) is 3.66. The van der Waals surface area contributed by atoms with Crippen LogP contribution < -0.4 is 5.48 Å². The summed E-state index contributed by atoms with van der Waals surface area (Å²) in [4.78, 5) is 4.39. The fourth-order valence-corrected chi connectivity index (χ4v) is 0.624. The van der Waals surface area contributed by atoms with Gasteiger partial charge in [0.05, 0.1) is 7.11 Å². The van der Waals surface area contributed by atoms with Crippen LogP contribution in [0.2, 0.25) is 0 Å². The molecule has 1 radical (unpaired) electrons. The summed E-state index contributed by atoms with van der Waals surface area (Å²) in [5, 5.41) is 0. The topological polar surface area (TPSA) is 23.3 Å². The van der Waals surface area contributed by atoms with E-state index in [0.717, 1.165) is 0 Å². The second-order valence-electron chi connectivity index (χ2n) is 1.73. The molecule has 0 unspecified atom stereocenters. The highest BCUT2D eigenvalue weighted by Gasteiger charge is 1.98. The second kappa shape index (κ2) is 3.17. The summed E-state index contributed by atoms with van der Waals surface area (Å²) in [5.74, 6) is -0.371. The average Bonchev–Trinajstić information content (AvgIpc) is 1.94. The first-order chi connectivity index (χ1) is 4.84. The lowest BCUT2D eigenvalue weighted by molar-refractivity contribution is 0.122. The Hall–Kier alpha value is -1.09. The summed E-state index contributed by atoms with van der Waals surface area (Å²) in [6, 6.07) is 6.17. The van der Waals surface area contributed by atoms with Crippen molar-refractivity contribution in [2.24, 2.45) is 0 Å². The van der Waals surface area contributed by atoms with Crippen molar-refractivity contribution in [3.05, 3.63) is 30.1 Å². The largest absolute Gasteiger partial charge is 0.255 e. The number of hydrogen-bond donors (Lipinski definition) is 0. The molecule has 0 amide bonds. The molecule has 0 aliphatic heterocycles. The normalized spacial score (nSPS) is 9.40. The van der Waals surface area contributed by atoms with Crippen LogP contribution in [-0.4, -0.2) is 7.11 Å². The van der Waals surface area contributed by atoms with Crippen molar-refractivity contribution in [1.82, 2.24) is 5.48 Å². The van der Waals surface area contributed by atoms with Crippen LogP contribution in [0.1, 0.15) is 0 Å². The van der Waals surface area contributed by atoms with Gasteiger partial charge in [-0.05, 0) is 12.1 Å². The number of nitrogens with zero attached hydrogens (tertiary/aromatic N) is 1. The summed E-state index contributed by atoms with van der Waals surface area (Å²) in [6.45, 7) is 0. The van der Waals surface area contributed by atoms with Crippen LogP contribution in [0.25, 0.3) is 0 Å². The van der Waals surface area contributed by atoms with Crippen LogP contribution in [-0.2, 0) is 4.84 Å². The average molecular weight is 140 g/mol. The van der Waals surface area contributed by atoms with Crippen molar-refractivity contribution in [3.8, 4) is 0 Å². The maximum atomic E-state index is 12.6. The first kappa shape index (κ1) is 7.02. The van der Waals surface area contributed by atoms with Crippen molar-refractivity contribution in [2.75, 3.05) is 7.11 Å². The van der Waals surface area contributed by atoms with E-state index >= 15 is 0 Å². The third-order valence-corrected chi connectivity index (χ3v) is 1.04. The zero-order valence-electron chi connectivity index (χ0n) is 5.54. The Morgan fingerprint density at radius 1 is 1.40 bits per heavy atom. The zero-order valence-corrected chi connectivity index (χ0v) is 5.54. The molecular weight excluding hydrogens is 133 g/mol. The smallest absolute Gasteiger partial charge is 0.151 e. The van der Waals surface area contributed by atoms with Gasteiger partial charge >= 0.3 is 0 Å². The van der Waals surface area contributed by atoms with Crippen LogP contribution in [0.5, 0.6) is 0 Å². The van der Waals surface area contributed by atoms with Crippen LogP contribution >= 0.6 is 0 Å². The summed E-state index contributed by atoms with van der Waals surface area (Å²) in [6.07, 6.45) is 0. The van der Waals surface area contributed by atoms with E-state index in [9.17, 15) is 4.39 Å². The van der Waals surface area contributed by atoms with E-state index in [2.05, 4.69) is 10.3 Å². The second-order valence-corrected chi connectivity index (χ2v) is 1.73. The Balaban J connectivity index is 2.81. The van der Waals surface area contributed by atoms with Gasteiger partial charge in [-0.15, -0.1) is 5.48 Å². The molecule has 3 heteroatoms. The highest BCUT2D eigenvalue weighted by atomic mass is 19.1. The molecule has 53 valence electrons. The molecule has 10 heavy (non-hydrogen) atoms. The molecular formula is C7H7FNO. The van der Waals surface area contributed by atoms with Crippen LogP contribution in [0.15, 0.2) is 24.3 Å². The molecule has 1 rings (SSSR count). The molecule has 1 aromatic carbocycles. The molecule has 0 spiro atoms. The van der Waals surface area contributed by atoms with Gasteiger partial charge in [0.1, 0.15) is 5.69 Å². The van der Waals surface area contributed by atoms with Crippen molar-refractivity contribution in [1.29, 1.82) is 0 Å². The first-order valence-electron chi connectivity index (χ1n) is 2.83. The van der Waals surface area contributed by atoms with Gasteiger partial charge in [-0.25, -0.2) is 4.39 Å². The Morgan fingerprint density at radius 2 is 2.10 bits per heavy atom. The zero-order chi connectivity index (χ0) is 7.40. The molecule has 1 aromatic rings. The van der Waals surface area contributed by atoms with E-state index in [4.69, 9.17) is 0 Å². The van der Waals surface area contributed by atoms with Crippen molar-refractivity contribution < 1.29 is 9.23 Å². The minimum absolute atomic E-state index is 0.227. The third kappa shape index (κ3) is 1.45. The molecule has 0 N–H and O–H groups in total. The van der Waals surface area contributed by atoms with Gasteiger partial charge in [0.2, 0.25) is 0 Å². The lowest BCUT2D eigenvalue weighted by atomic mass is 10.3. The van der Waals surface area contributed by atoms with E-state index in [-0.39, 0.29) is 11.5 Å². The van der Waals surface area contributed by atoms with Gasteiger partial charge in [0.15, 0.2) is 5.82 Å². The highest BCUT2D eigenvalue weighted by Crippen LogP contribution is 2.11. The molecule has 0 aliphatic carbocycles. The van der Waals surface area contributed by atoms with E-state index < -0.39 is 0 Å². The maximum absolute atomic E-state index is 12.6. The Bertz CT molecular complexity index is 215. The molecule has 0 atom stereocenters. The standard InChI is InChI=1S/C7H7FNO/c1-10-9-7-5-3-2-4-6(7)8/h2-5H,1H3. The fourth-order valence-electron chi connectivity index (χ4n) is 0.624. The maximum Gasteiger partial charge on any atom is 0.151 e. The Kier molecular flexibility index (Phi) is 2.23. The van der Waals surface area contributed by atoms with Crippen LogP contribution in [0.3, 0.4) is 0 Å². The molecule has 0 saturated carbocycles. The monoisotopic (exact) mass is 140 g/mol. The summed E-state index contributed by atoms with van der Waals surface area (Å²) in [7, 11) is 1.38. The fraction of sp³-hybridized carbons (Fsp3) is 0.143. The van der Waals surface area contributed by atoms with Gasteiger partial charge in [0.25, 0.3) is 0 Å². The predicted octanol–water partition coefficient (Wildman–Crippen LogP) is 1.62. The quantitative estimate of drug-likeness (QED) is 0.572. The van der Waals surface area contributed by atoms with Crippen molar-refractivity contribution in [3.63, 3.8) is 0 Å². The van der Waals surface area contributed by atoms with E-state index in [1.807, 2.05) is 0 Å². The van der Waals surface area contributed by atoms with Crippen LogP contribution in [0.4, 0.5) is 10.1 Å². The Morgan fingerprint density at radius 3 is 2.70 bits per heavy atom. The van der Waals surface area contributed by atoms with Gasteiger partial charge in [-0.3, -0.25) is 4.84 Å². The molecule has 0 heterocycles. The van der Waals surface area contributed by atoms with E-state index in [1.165, 1.54) is 13.2 Å². The van der Waals surface area contributed by atoms with Gasteiger partial charge < -0.3 is 0 Å². The number of benzene rings is 1. The number of rotatable bonds is 2. The lowest BCUT2D eigenvalue weighted by Crippen LogP contribution is -1.95. The lowest BCUT2D eigenvalue weighted by Gasteiger charge is -1.97. The van der Waals surface area contributed by atoms with E-state index in [1.54, 1.807) is 18.2 Å². The molecule has 0 saturated heterocycles. The number of halogens is 1. The molecule has 2 nitrogen and oxygen atoms in total. The number of hydrogen-bond acceptors (Lipinski definition) is 1. The molecule has 0 bridgehead atoms. The first-order valence-corrected chi connectivity index (χ1v) is 2.83. The SMILES string of the molecule is CO[N]c1ccccc1F. The van der Waals surface area contributed by atoms with Gasteiger partial charge in [0, 0.05) is 0 Å². The minimum Gasteiger partial charge on any atom is -0.255 e. The predicted molar refractivity (Wildman–Crippen MR) is 35.2 cm³/mol. The summed E-state index contributed by atoms with van der Waals surface area (Å²) < 4.78 is 12.6. The molecule has 0 fully saturated rings. The molecule has 0 aromatic heterocycles. The Labute approximate surface area is 58.6 Å². The van der Waals surface area contributed by atoms with Gasteiger partial charge in [-0.2, -0.15) is 0 Å². The third-order valence-electron chi connectivity index (χ3n) is 1.04. The van der Waals surface area contributed by atoms with Crippen molar-refractivity contribution >= 4 is 5.69 Å². The minimum atomic E-state index is -0.371. The van der Waals surface area contributed by atoms with E-state index in [0.29, 0.717) is 0 Å². The van der Waals surface area contributed by atoms with Crippen molar-refractivity contribution in [2.45, 2.75) is 0 Å². The molecule has 0 aliphatic rings. The highest BCUT2D eigenvalue weighted by molar-refractivity contribution is 5.35.